The Morgan fingerprint density at radius 2 is 2.03 bits per heavy atom. The molecular formula is C25H33FN2O4. The Labute approximate surface area is 188 Å². The van der Waals surface area contributed by atoms with Gasteiger partial charge in [-0.3, -0.25) is 9.59 Å². The lowest BCUT2D eigenvalue weighted by atomic mass is 9.52. The molecule has 7 heteroatoms. The minimum atomic E-state index is -0.508. The summed E-state index contributed by atoms with van der Waals surface area (Å²) in [5.74, 6) is 1.14. The third kappa shape index (κ3) is 4.12. The molecular weight excluding hydrogens is 411 g/mol. The van der Waals surface area contributed by atoms with Crippen LogP contribution >= 0.6 is 0 Å². The summed E-state index contributed by atoms with van der Waals surface area (Å²) in [5.41, 5.74) is -0.136. The van der Waals surface area contributed by atoms with Crippen molar-refractivity contribution >= 4 is 11.8 Å². The van der Waals surface area contributed by atoms with E-state index >= 15 is 0 Å². The van der Waals surface area contributed by atoms with Gasteiger partial charge in [-0.1, -0.05) is 6.07 Å². The van der Waals surface area contributed by atoms with Crippen LogP contribution in [0.2, 0.25) is 0 Å². The van der Waals surface area contributed by atoms with Crippen molar-refractivity contribution in [3.05, 3.63) is 29.6 Å². The Morgan fingerprint density at radius 1 is 1.28 bits per heavy atom. The third-order valence-corrected chi connectivity index (χ3v) is 8.39. The maximum absolute atomic E-state index is 13.8. The van der Waals surface area contributed by atoms with Gasteiger partial charge in [0, 0.05) is 24.4 Å². The normalized spacial score (nSPS) is 37.4. The van der Waals surface area contributed by atoms with Gasteiger partial charge in [0.1, 0.15) is 0 Å². The number of benzene rings is 1. The van der Waals surface area contributed by atoms with Crippen LogP contribution in [0, 0.1) is 23.6 Å². The number of rotatable bonds is 7. The predicted molar refractivity (Wildman–Crippen MR) is 116 cm³/mol. The molecule has 6 rings (SSSR count). The number of nitrogens with one attached hydrogen (secondary N) is 2. The topological polar surface area (TPSA) is 87.7 Å². The SMILES string of the molecule is COc1cc(C[C@]2(CCC(=O)NC3[C@@H]4CC5C[C@H]3CC(O)(C5)C4)CCC(=O)N2)ccc1F. The Bertz CT molecular complexity index is 905. The number of amides is 2. The van der Waals surface area contributed by atoms with Crippen LogP contribution in [0.3, 0.4) is 0 Å². The summed E-state index contributed by atoms with van der Waals surface area (Å²) < 4.78 is 18.9. The first-order valence-corrected chi connectivity index (χ1v) is 11.9. The summed E-state index contributed by atoms with van der Waals surface area (Å²) in [7, 11) is 1.43. The number of hydrogen-bond acceptors (Lipinski definition) is 4. The van der Waals surface area contributed by atoms with Crippen LogP contribution in [0.5, 0.6) is 5.75 Å². The lowest BCUT2D eigenvalue weighted by Gasteiger charge is -2.58. The van der Waals surface area contributed by atoms with Crippen LogP contribution in [0.4, 0.5) is 4.39 Å². The van der Waals surface area contributed by atoms with Crippen molar-refractivity contribution in [2.24, 2.45) is 17.8 Å². The van der Waals surface area contributed by atoms with Gasteiger partial charge >= 0.3 is 0 Å². The van der Waals surface area contributed by atoms with Gasteiger partial charge in [-0.2, -0.15) is 0 Å². The molecule has 1 saturated heterocycles. The Kier molecular flexibility index (Phi) is 5.43. The Hall–Kier alpha value is -2.15. The van der Waals surface area contributed by atoms with Gasteiger partial charge in [-0.25, -0.2) is 4.39 Å². The van der Waals surface area contributed by atoms with Gasteiger partial charge in [-0.15, -0.1) is 0 Å². The Balaban J connectivity index is 1.23. The van der Waals surface area contributed by atoms with E-state index in [2.05, 4.69) is 10.6 Å². The summed E-state index contributed by atoms with van der Waals surface area (Å²) in [4.78, 5) is 25.0. The molecule has 1 heterocycles. The van der Waals surface area contributed by atoms with E-state index in [1.165, 1.54) is 13.2 Å². The summed E-state index contributed by atoms with van der Waals surface area (Å²) in [6.45, 7) is 0. The molecule has 3 unspecified atom stereocenters. The highest BCUT2D eigenvalue weighted by Crippen LogP contribution is 2.55. The monoisotopic (exact) mass is 444 g/mol. The highest BCUT2D eigenvalue weighted by molar-refractivity contribution is 5.80. The Morgan fingerprint density at radius 3 is 2.66 bits per heavy atom. The second kappa shape index (κ2) is 8.01. The van der Waals surface area contributed by atoms with E-state index in [-0.39, 0.29) is 23.6 Å². The minimum absolute atomic E-state index is 0.00577. The smallest absolute Gasteiger partial charge is 0.220 e. The fraction of sp³-hybridized carbons (Fsp3) is 0.680. The molecule has 1 aromatic rings. The molecule has 0 aromatic heterocycles. The van der Waals surface area contributed by atoms with Crippen molar-refractivity contribution in [3.63, 3.8) is 0 Å². The molecule has 5 fully saturated rings. The summed E-state index contributed by atoms with van der Waals surface area (Å²) in [6, 6.07) is 4.92. The van der Waals surface area contributed by atoms with E-state index in [0.717, 1.165) is 37.7 Å². The zero-order valence-corrected chi connectivity index (χ0v) is 18.7. The maximum atomic E-state index is 13.8. The second-order valence-corrected chi connectivity index (χ2v) is 10.8. The summed E-state index contributed by atoms with van der Waals surface area (Å²) >= 11 is 0. The van der Waals surface area contributed by atoms with Crippen LogP contribution in [-0.2, 0) is 16.0 Å². The maximum Gasteiger partial charge on any atom is 0.220 e. The third-order valence-electron chi connectivity index (χ3n) is 8.39. The highest BCUT2D eigenvalue weighted by Gasteiger charge is 2.55. The van der Waals surface area contributed by atoms with Gasteiger partial charge < -0.3 is 20.5 Å². The van der Waals surface area contributed by atoms with Gasteiger partial charge in [0.25, 0.3) is 0 Å². The van der Waals surface area contributed by atoms with Gasteiger partial charge in [0.2, 0.25) is 11.8 Å². The number of carbonyl (C=O) groups excluding carboxylic acids is 2. The molecule has 1 aromatic carbocycles. The second-order valence-electron chi connectivity index (χ2n) is 10.8. The van der Waals surface area contributed by atoms with Crippen molar-refractivity contribution in [2.75, 3.05) is 7.11 Å². The van der Waals surface area contributed by atoms with E-state index < -0.39 is 17.0 Å². The number of hydrogen-bond donors (Lipinski definition) is 3. The average Bonchev–Trinajstić information content (AvgIpc) is 3.10. The fourth-order valence-corrected chi connectivity index (χ4v) is 7.21. The van der Waals surface area contributed by atoms with Crippen LogP contribution in [0.1, 0.15) is 63.4 Å². The van der Waals surface area contributed by atoms with E-state index in [1.807, 2.05) is 0 Å². The summed E-state index contributed by atoms with van der Waals surface area (Å²) in [5, 5.41) is 17.2. The van der Waals surface area contributed by atoms with Crippen molar-refractivity contribution in [1.82, 2.24) is 10.6 Å². The molecule has 0 radical (unpaired) electrons. The number of halogens is 1. The van der Waals surface area contributed by atoms with Crippen LogP contribution < -0.4 is 15.4 Å². The van der Waals surface area contributed by atoms with Crippen LogP contribution in [0.25, 0.3) is 0 Å². The van der Waals surface area contributed by atoms with Crippen molar-refractivity contribution in [2.45, 2.75) is 81.4 Å². The average molecular weight is 445 g/mol. The first-order chi connectivity index (χ1) is 15.3. The molecule has 6 atom stereocenters. The number of aliphatic hydroxyl groups is 1. The van der Waals surface area contributed by atoms with Gasteiger partial charge in [-0.05, 0) is 86.8 Å². The summed E-state index contributed by atoms with van der Waals surface area (Å²) in [6.07, 6.45) is 7.25. The quantitative estimate of drug-likeness (QED) is 0.604. The first kappa shape index (κ1) is 21.7. The van der Waals surface area contributed by atoms with E-state index in [0.29, 0.717) is 49.9 Å². The van der Waals surface area contributed by atoms with Crippen molar-refractivity contribution < 1.29 is 23.8 Å². The minimum Gasteiger partial charge on any atom is -0.494 e. The molecule has 5 aliphatic rings. The molecule has 32 heavy (non-hydrogen) atoms. The lowest BCUT2D eigenvalue weighted by molar-refractivity contribution is -0.146. The molecule has 3 N–H and O–H groups in total. The lowest BCUT2D eigenvalue weighted by Crippen LogP contribution is -2.61. The number of methoxy groups -OCH3 is 1. The number of carbonyl (C=O) groups is 2. The zero-order valence-electron chi connectivity index (χ0n) is 18.7. The van der Waals surface area contributed by atoms with Crippen LogP contribution in [0.15, 0.2) is 18.2 Å². The highest BCUT2D eigenvalue weighted by atomic mass is 19.1. The van der Waals surface area contributed by atoms with E-state index in [1.54, 1.807) is 12.1 Å². The zero-order chi connectivity index (χ0) is 22.5. The van der Waals surface area contributed by atoms with Crippen molar-refractivity contribution in [3.8, 4) is 5.75 Å². The molecule has 174 valence electrons. The predicted octanol–water partition coefficient (Wildman–Crippen LogP) is 2.86. The van der Waals surface area contributed by atoms with E-state index in [4.69, 9.17) is 4.74 Å². The van der Waals surface area contributed by atoms with E-state index in [9.17, 15) is 19.1 Å². The van der Waals surface area contributed by atoms with Crippen LogP contribution in [-0.4, -0.2) is 41.2 Å². The number of ether oxygens (including phenoxy) is 1. The van der Waals surface area contributed by atoms with Gasteiger partial charge in [0.15, 0.2) is 11.6 Å². The fourth-order valence-electron chi connectivity index (χ4n) is 7.21. The van der Waals surface area contributed by atoms with Gasteiger partial charge in [0.05, 0.1) is 12.7 Å². The molecule has 4 bridgehead atoms. The molecule has 4 saturated carbocycles. The molecule has 2 amide bonds. The molecule has 6 nitrogen and oxygen atoms in total. The standard InChI is InChI=1S/C25H33FN2O4/c1-32-20-10-15(2-3-19(20)26)11-24(7-5-22(30)28-24)6-4-21(29)27-23-17-8-16-9-18(23)14-25(31,12-16)13-17/h2-3,10,16-18,23,31H,4-9,11-14H2,1H3,(H,27,29)(H,28,30)/t16?,17-,18+,23?,24-,25?/m0/s1. The van der Waals surface area contributed by atoms with Crippen molar-refractivity contribution in [1.29, 1.82) is 0 Å². The molecule has 1 aliphatic heterocycles. The largest absolute Gasteiger partial charge is 0.494 e. The molecule has 4 aliphatic carbocycles. The molecule has 0 spiro atoms. The first-order valence-electron chi connectivity index (χ1n) is 11.9.